The lowest BCUT2D eigenvalue weighted by Crippen LogP contribution is -2.59. The summed E-state index contributed by atoms with van der Waals surface area (Å²) in [5.74, 6) is 0. The molecule has 1 aromatic rings. The average Bonchev–Trinajstić information content (AvgIpc) is 2.95. The van der Waals surface area contributed by atoms with Gasteiger partial charge in [-0.05, 0) is 31.0 Å². The van der Waals surface area contributed by atoms with Gasteiger partial charge >= 0.3 is 5.69 Å². The second kappa shape index (κ2) is 11.8. The molecule has 0 radical (unpaired) electrons. The van der Waals surface area contributed by atoms with Crippen LogP contribution in [0.3, 0.4) is 0 Å². The number of hydrogen-bond acceptors (Lipinski definition) is 7. The van der Waals surface area contributed by atoms with E-state index in [2.05, 4.69) is 52.7 Å². The SMILES string of the molecule is CCCCC[C@@]1(O)[C@@H](COO[Si](C)(C)C(C)(C)C)O[C@@H](n2ccc(=O)[nH]c2=O)[C@@]1(O)CCCCC. The summed E-state index contributed by atoms with van der Waals surface area (Å²) >= 11 is 0. The zero-order valence-corrected chi connectivity index (χ0v) is 23.6. The smallest absolute Gasteiger partial charge is 0.330 e. The summed E-state index contributed by atoms with van der Waals surface area (Å²) in [6.45, 7) is 14.4. The number of nitrogens with zero attached hydrogens (tertiary/aromatic N) is 1. The third kappa shape index (κ3) is 6.53. The number of ether oxygens (including phenoxy) is 1. The molecule has 0 aliphatic carbocycles. The minimum atomic E-state index is -2.23. The van der Waals surface area contributed by atoms with Crippen molar-refractivity contribution in [2.24, 2.45) is 0 Å². The van der Waals surface area contributed by atoms with E-state index >= 15 is 0 Å². The van der Waals surface area contributed by atoms with E-state index in [1.54, 1.807) is 0 Å². The molecular weight excluding hydrogens is 468 g/mol. The minimum absolute atomic E-state index is 0.0758. The van der Waals surface area contributed by atoms with E-state index in [4.69, 9.17) is 14.2 Å². The fourth-order valence-electron chi connectivity index (χ4n) is 4.33. The summed E-state index contributed by atoms with van der Waals surface area (Å²) < 4.78 is 13.2. The van der Waals surface area contributed by atoms with Crippen LogP contribution in [0.2, 0.25) is 18.1 Å². The Hall–Kier alpha value is -1.30. The van der Waals surface area contributed by atoms with Gasteiger partial charge in [-0.1, -0.05) is 73.1 Å². The van der Waals surface area contributed by atoms with Gasteiger partial charge in [0.1, 0.15) is 23.9 Å². The van der Waals surface area contributed by atoms with Crippen molar-refractivity contribution >= 4 is 8.32 Å². The normalized spacial score (nSPS) is 27.5. The third-order valence-electron chi connectivity index (χ3n) is 7.70. The van der Waals surface area contributed by atoms with Gasteiger partial charge in [0.25, 0.3) is 5.56 Å². The predicted molar refractivity (Wildman–Crippen MR) is 138 cm³/mol. The molecule has 0 saturated carbocycles. The van der Waals surface area contributed by atoms with Gasteiger partial charge in [0.2, 0.25) is 8.32 Å². The Morgan fingerprint density at radius 1 is 1.06 bits per heavy atom. The Kier molecular flexibility index (Phi) is 10.1. The van der Waals surface area contributed by atoms with Gasteiger partial charge in [-0.3, -0.25) is 18.9 Å². The maximum absolute atomic E-state index is 12.7. The van der Waals surface area contributed by atoms with Gasteiger partial charge < -0.3 is 14.9 Å². The van der Waals surface area contributed by atoms with Crippen LogP contribution >= 0.6 is 0 Å². The molecular formula is C25H46N2O7Si. The van der Waals surface area contributed by atoms with E-state index in [1.807, 2.05) is 0 Å². The fraction of sp³-hybridized carbons (Fsp3) is 0.840. The largest absolute Gasteiger partial charge is 0.384 e. The van der Waals surface area contributed by atoms with Gasteiger partial charge in [0.15, 0.2) is 6.23 Å². The molecule has 1 fully saturated rings. The fourth-order valence-corrected chi connectivity index (χ4v) is 4.95. The highest BCUT2D eigenvalue weighted by molar-refractivity contribution is 6.73. The summed E-state index contributed by atoms with van der Waals surface area (Å²) in [6, 6.07) is 1.21. The summed E-state index contributed by atoms with van der Waals surface area (Å²) in [5.41, 5.74) is -4.68. The van der Waals surface area contributed by atoms with Gasteiger partial charge in [-0.2, -0.15) is 0 Å². The zero-order chi connectivity index (χ0) is 26.5. The first-order chi connectivity index (χ1) is 16.2. The monoisotopic (exact) mass is 514 g/mol. The van der Waals surface area contributed by atoms with Crippen molar-refractivity contribution in [2.45, 2.75) is 128 Å². The molecule has 10 heteroatoms. The Labute approximate surface area is 209 Å². The lowest BCUT2D eigenvalue weighted by Gasteiger charge is -2.41. The van der Waals surface area contributed by atoms with Crippen molar-refractivity contribution in [3.05, 3.63) is 33.1 Å². The molecule has 0 bridgehead atoms. The number of nitrogens with one attached hydrogen (secondary N) is 1. The van der Waals surface area contributed by atoms with Gasteiger partial charge in [-0.15, -0.1) is 0 Å². The van der Waals surface area contributed by atoms with Crippen LogP contribution in [0.4, 0.5) is 0 Å². The molecule has 1 aliphatic rings. The topological polar surface area (TPSA) is 123 Å². The molecule has 0 unspecified atom stereocenters. The van der Waals surface area contributed by atoms with E-state index in [-0.39, 0.29) is 24.5 Å². The molecule has 2 heterocycles. The van der Waals surface area contributed by atoms with E-state index in [1.165, 1.54) is 12.3 Å². The molecule has 0 spiro atoms. The number of aliphatic hydroxyl groups is 2. The maximum Gasteiger partial charge on any atom is 0.330 e. The molecule has 2 rings (SSSR count). The van der Waals surface area contributed by atoms with Gasteiger partial charge in [0.05, 0.1) is 0 Å². The quantitative estimate of drug-likeness (QED) is 0.157. The van der Waals surface area contributed by atoms with E-state index in [0.717, 1.165) is 30.3 Å². The molecule has 9 nitrogen and oxygen atoms in total. The van der Waals surface area contributed by atoms with Crippen molar-refractivity contribution < 1.29 is 24.4 Å². The van der Waals surface area contributed by atoms with Gasteiger partial charge in [0, 0.05) is 12.3 Å². The Balaban J connectivity index is 2.44. The van der Waals surface area contributed by atoms with Crippen LogP contribution in [-0.2, 0) is 14.2 Å². The van der Waals surface area contributed by atoms with Crippen LogP contribution in [0.1, 0.15) is 92.2 Å². The second-order valence-electron chi connectivity index (χ2n) is 11.4. The Morgan fingerprint density at radius 2 is 1.63 bits per heavy atom. The van der Waals surface area contributed by atoms with E-state index < -0.39 is 43.1 Å². The van der Waals surface area contributed by atoms with Crippen LogP contribution < -0.4 is 11.2 Å². The first-order valence-corrected chi connectivity index (χ1v) is 15.9. The van der Waals surface area contributed by atoms with Crippen LogP contribution in [-0.4, -0.2) is 52.0 Å². The highest BCUT2D eigenvalue weighted by Crippen LogP contribution is 2.50. The first kappa shape index (κ1) is 29.9. The highest BCUT2D eigenvalue weighted by Gasteiger charge is 2.65. The summed E-state index contributed by atoms with van der Waals surface area (Å²) in [5, 5.41) is 24.1. The summed E-state index contributed by atoms with van der Waals surface area (Å²) in [4.78, 5) is 32.2. The van der Waals surface area contributed by atoms with E-state index in [9.17, 15) is 19.8 Å². The number of rotatable bonds is 13. The highest BCUT2D eigenvalue weighted by atomic mass is 28.4. The third-order valence-corrected chi connectivity index (χ3v) is 11.9. The molecule has 1 saturated heterocycles. The van der Waals surface area contributed by atoms with Crippen molar-refractivity contribution in [2.75, 3.05) is 6.61 Å². The summed E-state index contributed by atoms with van der Waals surface area (Å²) in [7, 11) is -2.23. The average molecular weight is 515 g/mol. The molecule has 35 heavy (non-hydrogen) atoms. The molecule has 0 aromatic carbocycles. The second-order valence-corrected chi connectivity index (χ2v) is 16.1. The van der Waals surface area contributed by atoms with Crippen LogP contribution in [0.15, 0.2) is 21.9 Å². The molecule has 1 aromatic heterocycles. The van der Waals surface area contributed by atoms with Crippen LogP contribution in [0.5, 0.6) is 0 Å². The maximum atomic E-state index is 12.7. The zero-order valence-electron chi connectivity index (χ0n) is 22.6. The van der Waals surface area contributed by atoms with Crippen molar-refractivity contribution in [1.82, 2.24) is 9.55 Å². The lowest BCUT2D eigenvalue weighted by atomic mass is 9.73. The van der Waals surface area contributed by atoms with E-state index in [0.29, 0.717) is 12.8 Å². The molecule has 4 atom stereocenters. The Bertz CT molecular complexity index is 925. The molecule has 0 amide bonds. The number of hydrogen-bond donors (Lipinski definition) is 3. The minimum Gasteiger partial charge on any atom is -0.384 e. The molecule has 3 N–H and O–H groups in total. The number of unbranched alkanes of at least 4 members (excludes halogenated alkanes) is 4. The predicted octanol–water partition coefficient (Wildman–Crippen LogP) is 4.01. The summed E-state index contributed by atoms with van der Waals surface area (Å²) in [6.07, 6.45) is 4.65. The standard InChI is InChI=1S/C25H46N2O7Si/c1-8-10-12-15-24(30)19(18-32-34-35(6,7)23(3,4)5)33-21(25(24,31)16-13-11-9-2)27-17-14-20(28)26-22(27)29/h14,17,19,21,30-31H,8-13,15-16,18H2,1-7H3,(H,26,28,29)/t19-,21-,24-,25+/m1/s1. The van der Waals surface area contributed by atoms with Crippen molar-refractivity contribution in [3.63, 3.8) is 0 Å². The lowest BCUT2D eigenvalue weighted by molar-refractivity contribution is -0.254. The molecule has 1 aliphatic heterocycles. The number of aromatic nitrogens is 2. The number of aromatic amines is 1. The van der Waals surface area contributed by atoms with Crippen molar-refractivity contribution in [1.29, 1.82) is 0 Å². The number of H-pyrrole nitrogens is 1. The molecule has 202 valence electrons. The Morgan fingerprint density at radius 3 is 2.14 bits per heavy atom. The first-order valence-electron chi connectivity index (χ1n) is 13.0. The van der Waals surface area contributed by atoms with Crippen LogP contribution in [0, 0.1) is 0 Å². The van der Waals surface area contributed by atoms with Crippen molar-refractivity contribution in [3.8, 4) is 0 Å². The van der Waals surface area contributed by atoms with Gasteiger partial charge in [-0.25, -0.2) is 9.68 Å². The van der Waals surface area contributed by atoms with Crippen LogP contribution in [0.25, 0.3) is 0 Å².